The van der Waals surface area contributed by atoms with E-state index in [1.807, 2.05) is 0 Å². The number of halogens is 7. The number of pyridine rings is 1. The second-order valence-corrected chi connectivity index (χ2v) is 10.5. The van der Waals surface area contributed by atoms with E-state index in [4.69, 9.17) is 27.9 Å². The lowest BCUT2D eigenvalue weighted by Crippen LogP contribution is -2.53. The zero-order valence-corrected chi connectivity index (χ0v) is 21.6. The van der Waals surface area contributed by atoms with E-state index in [1.54, 1.807) is 10.2 Å². The molecule has 1 aromatic carbocycles. The van der Waals surface area contributed by atoms with E-state index in [0.717, 1.165) is 24.8 Å². The predicted octanol–water partition coefficient (Wildman–Crippen LogP) is 5.04. The van der Waals surface area contributed by atoms with Crippen LogP contribution in [0.2, 0.25) is 10.0 Å². The Balaban J connectivity index is 1.44. The third-order valence-corrected chi connectivity index (χ3v) is 7.10. The minimum atomic E-state index is -4.60. The molecule has 0 radical (unpaired) electrons. The van der Waals surface area contributed by atoms with E-state index in [0.29, 0.717) is 12.8 Å². The van der Waals surface area contributed by atoms with Gasteiger partial charge in [0.2, 0.25) is 0 Å². The Hall–Kier alpha value is -2.86. The highest BCUT2D eigenvalue weighted by atomic mass is 35.5. The first-order valence-corrected chi connectivity index (χ1v) is 12.3. The zero-order valence-electron chi connectivity index (χ0n) is 20.1. The lowest BCUT2D eigenvalue weighted by molar-refractivity contribution is -0.135. The number of ether oxygens (including phenoxy) is 1. The van der Waals surface area contributed by atoms with Crippen molar-refractivity contribution in [2.24, 2.45) is 0 Å². The molecule has 206 valence electrons. The molecule has 2 aromatic rings. The lowest BCUT2D eigenvalue weighted by atomic mass is 9.94. The maximum absolute atomic E-state index is 15.0. The van der Waals surface area contributed by atoms with Crippen molar-refractivity contribution in [3.63, 3.8) is 0 Å². The van der Waals surface area contributed by atoms with Crippen molar-refractivity contribution < 1.29 is 36.3 Å². The molecule has 3 atom stereocenters. The normalized spacial score (nSPS) is 21.0. The van der Waals surface area contributed by atoms with Crippen molar-refractivity contribution in [2.75, 3.05) is 11.4 Å². The summed E-state index contributed by atoms with van der Waals surface area (Å²) < 4.78 is 71.4. The van der Waals surface area contributed by atoms with Gasteiger partial charge in [0.05, 0.1) is 27.7 Å². The Morgan fingerprint density at radius 1 is 1.11 bits per heavy atom. The molecule has 2 fully saturated rings. The number of anilines is 1. The van der Waals surface area contributed by atoms with Gasteiger partial charge in [0.1, 0.15) is 18.1 Å². The second kappa shape index (κ2) is 10.4. The number of hydrogen-bond acceptors (Lipinski definition) is 5. The van der Waals surface area contributed by atoms with Gasteiger partial charge in [0.25, 0.3) is 11.8 Å². The number of rotatable bonds is 7. The summed E-state index contributed by atoms with van der Waals surface area (Å²) in [7, 11) is 0. The van der Waals surface area contributed by atoms with E-state index >= 15 is 0 Å². The monoisotopic (exact) mass is 580 g/mol. The molecule has 0 aliphatic carbocycles. The Bertz CT molecular complexity index is 1260. The van der Waals surface area contributed by atoms with Crippen molar-refractivity contribution in [2.45, 2.75) is 63.0 Å². The third-order valence-electron chi connectivity index (χ3n) is 6.52. The number of nitrogens with zero attached hydrogens (tertiary/aromatic N) is 2. The molecule has 0 spiro atoms. The molecule has 14 heteroatoms. The number of carbonyl (C=O) groups is 2. The van der Waals surface area contributed by atoms with Gasteiger partial charge in [0.15, 0.2) is 17.2 Å². The van der Waals surface area contributed by atoms with E-state index < -0.39 is 41.8 Å². The van der Waals surface area contributed by atoms with Crippen LogP contribution in [0.1, 0.15) is 43.5 Å². The number of amides is 2. The molecular formula is C24H23Cl2F5N4O3. The average molecular weight is 581 g/mol. The maximum atomic E-state index is 15.0. The first-order chi connectivity index (χ1) is 17.7. The summed E-state index contributed by atoms with van der Waals surface area (Å²) in [5.41, 5.74) is -1.77. The molecule has 0 saturated carbocycles. The van der Waals surface area contributed by atoms with Crippen molar-refractivity contribution in [1.82, 2.24) is 15.6 Å². The first kappa shape index (κ1) is 28.2. The van der Waals surface area contributed by atoms with E-state index in [2.05, 4.69) is 10.3 Å². The Kier molecular flexibility index (Phi) is 7.68. The highest BCUT2D eigenvalue weighted by Crippen LogP contribution is 2.42. The van der Waals surface area contributed by atoms with Gasteiger partial charge in [-0.15, -0.1) is 0 Å². The van der Waals surface area contributed by atoms with Gasteiger partial charge in [0, 0.05) is 18.3 Å². The lowest BCUT2D eigenvalue weighted by Gasteiger charge is -2.30. The molecule has 2 aliphatic rings. The maximum Gasteiger partial charge on any atom is 0.405 e. The Morgan fingerprint density at radius 2 is 1.82 bits per heavy atom. The van der Waals surface area contributed by atoms with E-state index in [-0.39, 0.29) is 45.3 Å². The number of nitrogens with one attached hydrogen (secondary N) is 2. The van der Waals surface area contributed by atoms with E-state index in [9.17, 15) is 31.5 Å². The first-order valence-electron chi connectivity index (χ1n) is 11.6. The van der Waals surface area contributed by atoms with Gasteiger partial charge in [-0.05, 0) is 45.2 Å². The summed E-state index contributed by atoms with van der Waals surface area (Å²) >= 11 is 11.8. The molecule has 3 heterocycles. The number of fused-ring (bicyclic) bond motifs is 2. The average Bonchev–Trinajstić information content (AvgIpc) is 3.37. The molecule has 7 nitrogen and oxygen atoms in total. The van der Waals surface area contributed by atoms with Gasteiger partial charge in [-0.3, -0.25) is 9.59 Å². The fraction of sp³-hybridized carbons (Fsp3) is 0.458. The van der Waals surface area contributed by atoms with Crippen LogP contribution in [-0.4, -0.2) is 53.2 Å². The molecule has 38 heavy (non-hydrogen) atoms. The fourth-order valence-electron chi connectivity index (χ4n) is 4.75. The molecule has 4 rings (SSSR count). The molecule has 2 N–H and O–H groups in total. The third kappa shape index (κ3) is 5.90. The topological polar surface area (TPSA) is 83.6 Å². The molecule has 2 aliphatic heterocycles. The van der Waals surface area contributed by atoms with Gasteiger partial charge >= 0.3 is 6.18 Å². The summed E-state index contributed by atoms with van der Waals surface area (Å²) in [6.07, 6.45) is -1.75. The second-order valence-electron chi connectivity index (χ2n) is 9.66. The summed E-state index contributed by atoms with van der Waals surface area (Å²) in [5, 5.41) is 4.32. The summed E-state index contributed by atoms with van der Waals surface area (Å²) in [6.45, 7) is 1.46. The largest absolute Gasteiger partial charge is 0.476 e. The summed E-state index contributed by atoms with van der Waals surface area (Å²) in [6, 6.07) is 2.16. The smallest absolute Gasteiger partial charge is 0.405 e. The van der Waals surface area contributed by atoms with Crippen molar-refractivity contribution in [1.29, 1.82) is 0 Å². The van der Waals surface area contributed by atoms with Crippen molar-refractivity contribution in [3.05, 3.63) is 51.6 Å². The number of carbonyl (C=O) groups excluding carboxylic acids is 2. The highest BCUT2D eigenvalue weighted by Gasteiger charge is 2.49. The standard InChI is InChI=1S/C24H23Cl2F5N4O3/c1-23(2,38-19-8-13(25)15(27)7-14(19)26)22(37)34-17-6-12-3-4-18(17)35(12)20-16(28)5-11(9-32-20)21(36)33-10-24(29,30)31/h5,7-9,12,17-18H,3-4,6,10H2,1-2H3,(H,33,36)(H,34,37). The zero-order chi connectivity index (χ0) is 28.0. The van der Waals surface area contributed by atoms with Crippen LogP contribution in [0.3, 0.4) is 0 Å². The Morgan fingerprint density at radius 3 is 2.47 bits per heavy atom. The quantitative estimate of drug-likeness (QED) is 0.354. The fourth-order valence-corrected chi connectivity index (χ4v) is 5.09. The van der Waals surface area contributed by atoms with Crippen molar-refractivity contribution >= 4 is 40.8 Å². The van der Waals surface area contributed by atoms with Crippen LogP contribution in [-0.2, 0) is 4.79 Å². The van der Waals surface area contributed by atoms with Crippen LogP contribution in [0, 0.1) is 11.6 Å². The molecule has 1 aromatic heterocycles. The number of benzene rings is 1. The van der Waals surface area contributed by atoms with Gasteiger partial charge in [-0.1, -0.05) is 23.2 Å². The van der Waals surface area contributed by atoms with Crippen LogP contribution in [0.25, 0.3) is 0 Å². The van der Waals surface area contributed by atoms with Crippen LogP contribution in [0.5, 0.6) is 5.75 Å². The number of hydrogen-bond donors (Lipinski definition) is 2. The molecule has 2 bridgehead atoms. The van der Waals surface area contributed by atoms with Gasteiger partial charge in [-0.25, -0.2) is 13.8 Å². The van der Waals surface area contributed by atoms with Gasteiger partial charge in [-0.2, -0.15) is 13.2 Å². The number of alkyl halides is 3. The van der Waals surface area contributed by atoms with Crippen LogP contribution in [0.4, 0.5) is 27.8 Å². The minimum absolute atomic E-state index is 0.0263. The summed E-state index contributed by atoms with van der Waals surface area (Å²) in [4.78, 5) is 30.8. The summed E-state index contributed by atoms with van der Waals surface area (Å²) in [5.74, 6) is -3.20. The molecule has 2 amide bonds. The SMILES string of the molecule is CC(C)(Oc1cc(Cl)c(F)cc1Cl)C(=O)NC1CC2CCC1N2c1ncc(C(=O)NCC(F)(F)F)cc1F. The molecular weight excluding hydrogens is 558 g/mol. The predicted molar refractivity (Wildman–Crippen MR) is 130 cm³/mol. The minimum Gasteiger partial charge on any atom is -0.476 e. The van der Waals surface area contributed by atoms with Crippen LogP contribution >= 0.6 is 23.2 Å². The van der Waals surface area contributed by atoms with E-state index in [1.165, 1.54) is 19.9 Å². The molecule has 3 unspecified atom stereocenters. The van der Waals surface area contributed by atoms with Crippen molar-refractivity contribution in [3.8, 4) is 5.75 Å². The van der Waals surface area contributed by atoms with Gasteiger partial charge < -0.3 is 20.3 Å². The number of aromatic nitrogens is 1. The molecule has 2 saturated heterocycles. The Labute approximate surface area is 224 Å². The van der Waals surface area contributed by atoms with Crippen LogP contribution in [0.15, 0.2) is 24.4 Å². The highest BCUT2D eigenvalue weighted by molar-refractivity contribution is 6.34. The van der Waals surface area contributed by atoms with Crippen LogP contribution < -0.4 is 20.3 Å².